The summed E-state index contributed by atoms with van der Waals surface area (Å²) in [6, 6.07) is 1.71. The van der Waals surface area contributed by atoms with Crippen LogP contribution in [-0.2, 0) is 16.0 Å². The van der Waals surface area contributed by atoms with Gasteiger partial charge in [0.1, 0.15) is 11.4 Å². The Morgan fingerprint density at radius 2 is 2.25 bits per heavy atom. The molecule has 1 rings (SSSR count). The van der Waals surface area contributed by atoms with Crippen LogP contribution < -0.4 is 0 Å². The van der Waals surface area contributed by atoms with E-state index >= 15 is 0 Å². The molecule has 1 heterocycles. The average Bonchev–Trinajstić information content (AvgIpc) is 2.59. The third-order valence-corrected chi connectivity index (χ3v) is 1.60. The van der Waals surface area contributed by atoms with Crippen LogP contribution in [0.1, 0.15) is 39.1 Å². The number of ether oxygens (including phenoxy) is 1. The molecule has 0 aliphatic carbocycles. The van der Waals surface area contributed by atoms with Gasteiger partial charge in [-0.1, -0.05) is 12.1 Å². The van der Waals surface area contributed by atoms with E-state index in [0.717, 1.165) is 12.2 Å². The monoisotopic (exact) mass is 221 g/mol. The Balaban J connectivity index is 2.64. The molecule has 0 fully saturated rings. The number of aromatic nitrogens is 1. The summed E-state index contributed by atoms with van der Waals surface area (Å²) in [5.41, 5.74) is -0.0767. The van der Waals surface area contributed by atoms with Gasteiger partial charge in [0.15, 0.2) is 5.69 Å². The summed E-state index contributed by atoms with van der Waals surface area (Å²) in [4.78, 5) is 11.3. The minimum Gasteiger partial charge on any atom is -0.450 e. The fourth-order valence-electron chi connectivity index (χ4n) is 0.957. The van der Waals surface area contributed by atoms with Gasteiger partial charge in [-0.3, -0.25) is 0 Å². The molecule has 1 aromatic rings. The van der Waals surface area contributed by atoms with Crippen LogP contribution in [0.15, 0.2) is 10.6 Å². The van der Waals surface area contributed by atoms with E-state index in [4.69, 9.17) is 9.26 Å². The van der Waals surface area contributed by atoms with Crippen LogP contribution in [0.5, 0.6) is 0 Å². The maximum absolute atomic E-state index is 11.3. The molecule has 0 aliphatic rings. The zero-order valence-corrected chi connectivity index (χ0v) is 9.96. The van der Waals surface area contributed by atoms with Crippen molar-refractivity contribution in [3.63, 3.8) is 0 Å². The Kier molecular flexibility index (Phi) is 3.73. The molecule has 0 saturated heterocycles. The quantitative estimate of drug-likeness (QED) is 0.537. The van der Waals surface area contributed by atoms with Crippen LogP contribution >= 0.6 is 0 Å². The summed E-state index contributed by atoms with van der Waals surface area (Å²) in [7, 11) is 0. The first-order valence-corrected chi connectivity index (χ1v) is 5.11. The van der Waals surface area contributed by atoms with Crippen molar-refractivity contribution in [2.75, 3.05) is 0 Å². The van der Waals surface area contributed by atoms with Gasteiger partial charge in [-0.15, -0.1) is 0 Å². The van der Waals surface area contributed by atoms with Crippen molar-refractivity contribution in [1.29, 1.82) is 0 Å². The molecule has 0 saturated carbocycles. The maximum atomic E-state index is 11.3. The Hall–Kier alpha value is -1.76. The van der Waals surface area contributed by atoms with Crippen molar-refractivity contribution in [2.45, 2.75) is 39.7 Å². The lowest BCUT2D eigenvalue weighted by Crippen LogP contribution is -2.22. The van der Waals surface area contributed by atoms with E-state index in [1.807, 2.05) is 6.92 Å². The highest BCUT2D eigenvalue weighted by atomic mass is 16.6. The van der Waals surface area contributed by atoms with Gasteiger partial charge in [-0.25, -0.2) is 4.79 Å². The van der Waals surface area contributed by atoms with Crippen molar-refractivity contribution in [3.8, 4) is 11.8 Å². The molecule has 0 unspecified atom stereocenters. The van der Waals surface area contributed by atoms with Crippen LogP contribution in [0, 0.1) is 11.8 Å². The van der Waals surface area contributed by atoms with Gasteiger partial charge in [0.05, 0.1) is 0 Å². The summed E-state index contributed by atoms with van der Waals surface area (Å²) >= 11 is 0. The molecule has 0 atom stereocenters. The van der Waals surface area contributed by atoms with Crippen molar-refractivity contribution in [2.24, 2.45) is 0 Å². The third-order valence-electron chi connectivity index (χ3n) is 1.60. The SMILES string of the molecule is CCc1cc(C#CC(=O)OC(C)(C)C)no1. The second-order valence-electron chi connectivity index (χ2n) is 4.28. The molecule has 86 valence electrons. The van der Waals surface area contributed by atoms with Gasteiger partial charge < -0.3 is 9.26 Å². The molecule has 4 nitrogen and oxygen atoms in total. The molecule has 1 aromatic heterocycles. The summed E-state index contributed by atoms with van der Waals surface area (Å²) < 4.78 is 9.96. The zero-order valence-electron chi connectivity index (χ0n) is 9.96. The van der Waals surface area contributed by atoms with E-state index in [1.165, 1.54) is 0 Å². The number of esters is 1. The van der Waals surface area contributed by atoms with Gasteiger partial charge in [-0.2, -0.15) is 0 Å². The number of hydrogen-bond acceptors (Lipinski definition) is 4. The van der Waals surface area contributed by atoms with Crippen molar-refractivity contribution >= 4 is 5.97 Å². The highest BCUT2D eigenvalue weighted by Gasteiger charge is 2.14. The second kappa shape index (κ2) is 4.84. The number of aryl methyl sites for hydroxylation is 1. The van der Waals surface area contributed by atoms with Crippen LogP contribution in [0.3, 0.4) is 0 Å². The van der Waals surface area contributed by atoms with Crippen molar-refractivity contribution in [1.82, 2.24) is 5.16 Å². The van der Waals surface area contributed by atoms with E-state index < -0.39 is 11.6 Å². The van der Waals surface area contributed by atoms with Crippen LogP contribution in [0.25, 0.3) is 0 Å². The normalized spacial score (nSPS) is 10.5. The lowest BCUT2D eigenvalue weighted by atomic mass is 10.2. The summed E-state index contributed by atoms with van der Waals surface area (Å²) in [6.07, 6.45) is 0.751. The molecular weight excluding hydrogens is 206 g/mol. The standard InChI is InChI=1S/C12H15NO3/c1-5-10-8-9(13-16-10)6-7-11(14)15-12(2,3)4/h8H,5H2,1-4H3. The lowest BCUT2D eigenvalue weighted by Gasteiger charge is -2.16. The number of nitrogens with zero attached hydrogens (tertiary/aromatic N) is 1. The highest BCUT2D eigenvalue weighted by Crippen LogP contribution is 2.06. The van der Waals surface area contributed by atoms with Gasteiger partial charge in [-0.05, 0) is 26.7 Å². The van der Waals surface area contributed by atoms with Crippen LogP contribution in [0.2, 0.25) is 0 Å². The topological polar surface area (TPSA) is 52.3 Å². The molecule has 0 radical (unpaired) electrons. The van der Waals surface area contributed by atoms with Crippen LogP contribution in [-0.4, -0.2) is 16.7 Å². The van der Waals surface area contributed by atoms with E-state index in [9.17, 15) is 4.79 Å². The zero-order chi connectivity index (χ0) is 12.2. The molecule has 0 aliphatic heterocycles. The Morgan fingerprint density at radius 1 is 1.56 bits per heavy atom. The molecule has 0 bridgehead atoms. The average molecular weight is 221 g/mol. The second-order valence-corrected chi connectivity index (χ2v) is 4.28. The maximum Gasteiger partial charge on any atom is 0.385 e. The largest absolute Gasteiger partial charge is 0.450 e. The molecule has 0 aromatic carbocycles. The highest BCUT2D eigenvalue weighted by molar-refractivity contribution is 5.89. The van der Waals surface area contributed by atoms with Crippen molar-refractivity contribution in [3.05, 3.63) is 17.5 Å². The first-order chi connectivity index (χ1) is 7.40. The van der Waals surface area contributed by atoms with Crippen LogP contribution in [0.4, 0.5) is 0 Å². The van der Waals surface area contributed by atoms with E-state index in [1.54, 1.807) is 26.8 Å². The molecular formula is C12H15NO3. The summed E-state index contributed by atoms with van der Waals surface area (Å²) in [5, 5.41) is 3.70. The lowest BCUT2D eigenvalue weighted by molar-refractivity contribution is -0.147. The third kappa shape index (κ3) is 4.18. The Bertz CT molecular complexity index is 429. The van der Waals surface area contributed by atoms with Gasteiger partial charge >= 0.3 is 5.97 Å². The fraction of sp³-hybridized carbons (Fsp3) is 0.500. The molecule has 0 N–H and O–H groups in total. The van der Waals surface area contributed by atoms with Gasteiger partial charge in [0.2, 0.25) is 0 Å². The minimum atomic E-state index is -0.562. The number of rotatable bonds is 1. The number of hydrogen-bond donors (Lipinski definition) is 0. The molecule has 4 heteroatoms. The van der Waals surface area contributed by atoms with Gasteiger partial charge in [0, 0.05) is 18.4 Å². The van der Waals surface area contributed by atoms with E-state index in [2.05, 4.69) is 17.0 Å². The number of carbonyl (C=O) groups excluding carboxylic acids is 1. The number of carbonyl (C=O) groups is 1. The Labute approximate surface area is 95.0 Å². The summed E-state index contributed by atoms with van der Waals surface area (Å²) in [6.45, 7) is 7.32. The first-order valence-electron chi connectivity index (χ1n) is 5.11. The summed E-state index contributed by atoms with van der Waals surface area (Å²) in [5.74, 6) is 5.13. The van der Waals surface area contributed by atoms with Crippen molar-refractivity contribution < 1.29 is 14.1 Å². The van der Waals surface area contributed by atoms with Gasteiger partial charge in [0.25, 0.3) is 0 Å². The van der Waals surface area contributed by atoms with E-state index in [0.29, 0.717) is 5.69 Å². The Morgan fingerprint density at radius 3 is 2.75 bits per heavy atom. The smallest absolute Gasteiger partial charge is 0.385 e. The molecule has 0 amide bonds. The molecule has 16 heavy (non-hydrogen) atoms. The predicted octanol–water partition coefficient (Wildman–Crippen LogP) is 1.93. The first kappa shape index (κ1) is 12.3. The van der Waals surface area contributed by atoms with E-state index in [-0.39, 0.29) is 0 Å². The minimum absolute atomic E-state index is 0.447. The molecule has 0 spiro atoms. The predicted molar refractivity (Wildman–Crippen MR) is 58.6 cm³/mol. The fourth-order valence-corrected chi connectivity index (χ4v) is 0.957.